The van der Waals surface area contributed by atoms with E-state index in [-0.39, 0.29) is 24.7 Å². The van der Waals surface area contributed by atoms with Crippen molar-refractivity contribution in [1.82, 2.24) is 4.98 Å². The fourth-order valence-electron chi connectivity index (χ4n) is 4.08. The largest absolute Gasteiger partial charge is 0.425 e. The Kier molecular flexibility index (Phi) is 10.1. The quantitative estimate of drug-likeness (QED) is 0.0624. The molecular weight excluding hydrogens is 536 g/mol. The number of nitrogens with two attached hydrogens (primary N) is 2. The van der Waals surface area contributed by atoms with Crippen molar-refractivity contribution in [2.75, 3.05) is 29.6 Å². The van der Waals surface area contributed by atoms with Crippen molar-refractivity contribution in [2.24, 2.45) is 11.5 Å². The Labute approximate surface area is 243 Å². The van der Waals surface area contributed by atoms with Gasteiger partial charge in [-0.1, -0.05) is 30.3 Å². The molecule has 0 aliphatic rings. The molecule has 210 valence electrons. The molecule has 4 rings (SSSR count). The van der Waals surface area contributed by atoms with Gasteiger partial charge >= 0.3 is 5.97 Å². The van der Waals surface area contributed by atoms with Gasteiger partial charge in [0, 0.05) is 47.0 Å². The molecule has 0 saturated carbocycles. The predicted molar refractivity (Wildman–Crippen MR) is 164 cm³/mol. The van der Waals surface area contributed by atoms with E-state index >= 15 is 0 Å². The number of carbonyl (C=O) groups is 2. The molecule has 6 N–H and O–H groups in total. The van der Waals surface area contributed by atoms with Crippen molar-refractivity contribution in [3.8, 4) is 5.75 Å². The Hall–Kier alpha value is -4.67. The topological polar surface area (TPSA) is 147 Å². The summed E-state index contributed by atoms with van der Waals surface area (Å²) in [7, 11) is 0. The lowest BCUT2D eigenvalue weighted by Crippen LogP contribution is -2.34. The number of hydrogen-bond acceptors (Lipinski definition) is 8. The Balaban J connectivity index is 1.45. The van der Waals surface area contributed by atoms with Crippen LogP contribution in [-0.2, 0) is 4.79 Å². The number of pyridine rings is 1. The average molecular weight is 569 g/mol. The summed E-state index contributed by atoms with van der Waals surface area (Å²) in [6.45, 7) is 0.509. The maximum absolute atomic E-state index is 13.7. The summed E-state index contributed by atoms with van der Waals surface area (Å²) in [6.07, 6.45) is 3.50. The first-order valence-electron chi connectivity index (χ1n) is 13.0. The van der Waals surface area contributed by atoms with Gasteiger partial charge in [0.1, 0.15) is 17.4 Å². The number of anilines is 2. The van der Waals surface area contributed by atoms with E-state index in [4.69, 9.17) is 21.6 Å². The van der Waals surface area contributed by atoms with Crippen LogP contribution in [0, 0.1) is 5.41 Å². The lowest BCUT2D eigenvalue weighted by atomic mass is 10.0. The second-order valence-corrected chi connectivity index (χ2v) is 9.97. The highest BCUT2D eigenvalue weighted by Crippen LogP contribution is 2.27. The van der Waals surface area contributed by atoms with Crippen LogP contribution in [0.15, 0.2) is 102 Å². The molecule has 0 saturated heterocycles. The van der Waals surface area contributed by atoms with Crippen molar-refractivity contribution in [3.63, 3.8) is 0 Å². The average Bonchev–Trinajstić information content (AvgIpc) is 3.01. The zero-order chi connectivity index (χ0) is 29.2. The van der Waals surface area contributed by atoms with E-state index in [1.54, 1.807) is 60.8 Å². The van der Waals surface area contributed by atoms with Crippen LogP contribution in [0.1, 0.15) is 33.9 Å². The Morgan fingerprint density at radius 1 is 1.00 bits per heavy atom. The minimum atomic E-state index is -0.446. The van der Waals surface area contributed by atoms with E-state index < -0.39 is 12.0 Å². The normalized spacial score (nSPS) is 11.4. The molecule has 3 aromatic carbocycles. The number of para-hydroxylation sites is 1. The number of rotatable bonds is 12. The number of aromatic nitrogens is 1. The number of amides is 1. The van der Waals surface area contributed by atoms with Gasteiger partial charge < -0.3 is 21.5 Å². The maximum atomic E-state index is 13.7. The van der Waals surface area contributed by atoms with Crippen molar-refractivity contribution in [1.29, 1.82) is 5.41 Å². The fraction of sp³-hybridized carbons (Fsp3) is 0.161. The van der Waals surface area contributed by atoms with Crippen molar-refractivity contribution in [3.05, 3.63) is 114 Å². The van der Waals surface area contributed by atoms with Gasteiger partial charge in [-0.3, -0.25) is 19.9 Å². The number of esters is 1. The molecule has 1 atom stereocenters. The SMILES string of the molecule is CSc1ccccc1OC(=O)CCN(C(=O)c1cccc(C(N)CNc2ccc(C(=N)N)cc2)c1)c1ccccn1. The molecule has 1 heterocycles. The molecule has 0 aliphatic carbocycles. The standard InChI is InChI=1S/C31H32N6O3S/c1-41-27-10-3-2-9-26(27)40-29(38)16-18-37(28-11-4-5-17-35-28)31(39)23-8-6-7-22(19-23)25(32)20-36-24-14-12-21(13-15-24)30(33)34/h2-15,17,19,25,36H,16,18,20,32H2,1H3,(H3,33,34). The van der Waals surface area contributed by atoms with Gasteiger partial charge in [-0.15, -0.1) is 11.8 Å². The zero-order valence-electron chi connectivity index (χ0n) is 22.6. The van der Waals surface area contributed by atoms with E-state index in [1.807, 2.05) is 42.7 Å². The van der Waals surface area contributed by atoms with E-state index in [9.17, 15) is 9.59 Å². The second kappa shape index (κ2) is 14.1. The fourth-order valence-corrected chi connectivity index (χ4v) is 4.61. The third-order valence-electron chi connectivity index (χ3n) is 6.29. The molecule has 41 heavy (non-hydrogen) atoms. The van der Waals surface area contributed by atoms with Crippen LogP contribution in [0.25, 0.3) is 0 Å². The van der Waals surface area contributed by atoms with Gasteiger partial charge in [-0.2, -0.15) is 0 Å². The molecule has 1 unspecified atom stereocenters. The lowest BCUT2D eigenvalue weighted by Gasteiger charge is -2.22. The summed E-state index contributed by atoms with van der Waals surface area (Å²) in [5.74, 6) is 0.180. The molecule has 4 aromatic rings. The Morgan fingerprint density at radius 3 is 2.46 bits per heavy atom. The van der Waals surface area contributed by atoms with Crippen molar-refractivity contribution in [2.45, 2.75) is 17.4 Å². The summed E-state index contributed by atoms with van der Waals surface area (Å²) < 4.78 is 5.58. The van der Waals surface area contributed by atoms with Crippen LogP contribution in [-0.4, -0.2) is 42.0 Å². The van der Waals surface area contributed by atoms with E-state index in [0.29, 0.717) is 29.2 Å². The number of amidine groups is 1. The van der Waals surface area contributed by atoms with E-state index in [2.05, 4.69) is 10.3 Å². The summed E-state index contributed by atoms with van der Waals surface area (Å²) in [5.41, 5.74) is 14.7. The molecule has 10 heteroatoms. The van der Waals surface area contributed by atoms with Gasteiger partial charge in [-0.25, -0.2) is 4.98 Å². The van der Waals surface area contributed by atoms with Gasteiger partial charge in [0.2, 0.25) is 0 Å². The summed E-state index contributed by atoms with van der Waals surface area (Å²) in [6, 6.07) is 26.5. The van der Waals surface area contributed by atoms with Gasteiger partial charge in [0.05, 0.1) is 6.42 Å². The number of nitrogens with one attached hydrogen (secondary N) is 2. The van der Waals surface area contributed by atoms with Crippen LogP contribution in [0.3, 0.4) is 0 Å². The number of carbonyl (C=O) groups excluding carboxylic acids is 2. The lowest BCUT2D eigenvalue weighted by molar-refractivity contribution is -0.134. The van der Waals surface area contributed by atoms with E-state index in [0.717, 1.165) is 16.1 Å². The molecule has 0 radical (unpaired) electrons. The van der Waals surface area contributed by atoms with Gasteiger partial charge in [0.25, 0.3) is 5.91 Å². The van der Waals surface area contributed by atoms with Crippen LogP contribution in [0.5, 0.6) is 5.75 Å². The molecular formula is C31H32N6O3S. The predicted octanol–water partition coefficient (Wildman–Crippen LogP) is 4.84. The minimum Gasteiger partial charge on any atom is -0.425 e. The summed E-state index contributed by atoms with van der Waals surface area (Å²) >= 11 is 1.49. The maximum Gasteiger partial charge on any atom is 0.313 e. The second-order valence-electron chi connectivity index (χ2n) is 9.12. The zero-order valence-corrected chi connectivity index (χ0v) is 23.4. The number of thioether (sulfide) groups is 1. The molecule has 9 nitrogen and oxygen atoms in total. The number of hydrogen-bond donors (Lipinski definition) is 4. The Morgan fingerprint density at radius 2 is 1.76 bits per heavy atom. The Bertz CT molecular complexity index is 1500. The third kappa shape index (κ3) is 7.93. The van der Waals surface area contributed by atoms with Gasteiger partial charge in [0.15, 0.2) is 0 Å². The van der Waals surface area contributed by atoms with Crippen LogP contribution >= 0.6 is 11.8 Å². The minimum absolute atomic E-state index is 0.00676. The van der Waals surface area contributed by atoms with Crippen molar-refractivity contribution < 1.29 is 14.3 Å². The number of benzene rings is 3. The first kappa shape index (κ1) is 29.3. The highest BCUT2D eigenvalue weighted by Gasteiger charge is 2.22. The summed E-state index contributed by atoms with van der Waals surface area (Å²) in [5, 5.41) is 10.8. The smallest absolute Gasteiger partial charge is 0.313 e. The highest BCUT2D eigenvalue weighted by atomic mass is 32.2. The molecule has 1 aromatic heterocycles. The molecule has 0 aliphatic heterocycles. The van der Waals surface area contributed by atoms with Crippen LogP contribution in [0.2, 0.25) is 0 Å². The van der Waals surface area contributed by atoms with Crippen LogP contribution in [0.4, 0.5) is 11.5 Å². The van der Waals surface area contributed by atoms with Crippen molar-refractivity contribution >= 4 is 41.0 Å². The highest BCUT2D eigenvalue weighted by molar-refractivity contribution is 7.98. The molecule has 0 bridgehead atoms. The van der Waals surface area contributed by atoms with Gasteiger partial charge in [-0.05, 0) is 72.5 Å². The molecule has 1 amide bonds. The molecule has 0 spiro atoms. The number of ether oxygens (including phenoxy) is 1. The third-order valence-corrected chi connectivity index (χ3v) is 7.06. The molecule has 0 fully saturated rings. The number of nitrogens with zero attached hydrogens (tertiary/aromatic N) is 2. The van der Waals surface area contributed by atoms with E-state index in [1.165, 1.54) is 16.7 Å². The first-order chi connectivity index (χ1) is 19.9. The monoisotopic (exact) mass is 568 g/mol. The first-order valence-corrected chi connectivity index (χ1v) is 14.2. The number of nitrogen functional groups attached to an aromatic ring is 1. The summed E-state index contributed by atoms with van der Waals surface area (Å²) in [4.78, 5) is 33.1. The van der Waals surface area contributed by atoms with Crippen LogP contribution < -0.4 is 26.4 Å².